The summed E-state index contributed by atoms with van der Waals surface area (Å²) in [6, 6.07) is 11.4. The molecule has 7 nitrogen and oxygen atoms in total. The van der Waals surface area contributed by atoms with Gasteiger partial charge in [-0.1, -0.05) is 39.5 Å². The zero-order valence-electron chi connectivity index (χ0n) is 22.0. The number of piperazine rings is 1. The summed E-state index contributed by atoms with van der Waals surface area (Å²) in [4.78, 5) is 25.6. The average molecular weight is 528 g/mol. The third-order valence-electron chi connectivity index (χ3n) is 7.44. The van der Waals surface area contributed by atoms with Gasteiger partial charge in [0.1, 0.15) is 5.75 Å². The molecule has 1 fully saturated rings. The molecule has 1 aromatic carbocycles. The highest BCUT2D eigenvalue weighted by molar-refractivity contribution is 5.89. The van der Waals surface area contributed by atoms with E-state index in [-0.39, 0.29) is 35.3 Å². The Morgan fingerprint density at radius 2 is 1.76 bits per heavy atom. The Hall–Kier alpha value is -3.58. The predicted molar refractivity (Wildman–Crippen MR) is 142 cm³/mol. The van der Waals surface area contributed by atoms with Crippen molar-refractivity contribution >= 4 is 22.5 Å². The summed E-state index contributed by atoms with van der Waals surface area (Å²) in [5.41, 5.74) is 2.85. The highest BCUT2D eigenvalue weighted by Crippen LogP contribution is 2.36. The molecule has 3 aromatic rings. The minimum Gasteiger partial charge on any atom is -0.406 e. The summed E-state index contributed by atoms with van der Waals surface area (Å²) in [5, 5.41) is 0. The molecule has 1 saturated heterocycles. The number of rotatable bonds is 7. The topological polar surface area (TPSA) is 55.0 Å². The van der Waals surface area contributed by atoms with Crippen LogP contribution in [0.2, 0.25) is 0 Å². The number of nitrogens with zero attached hydrogens (tertiary/aromatic N) is 5. The van der Waals surface area contributed by atoms with E-state index in [0.29, 0.717) is 24.1 Å². The number of pyridine rings is 2. The minimum absolute atomic E-state index is 0.0170. The standard InChI is InChI=1S/C28H32F3N5O2/c1-6-19-17-36(24-15-26(37)34(5)23-13-14-25(32-4)33-27(23)24)20(7-2)16-35(19)22(8-3)18-9-11-21(12-10-18)38-28(29,30)31/h9-15,19-20,22H,6-8,16-17H2,1-3,5H3/t19-,20+,22?/m1/s1. The lowest BCUT2D eigenvalue weighted by molar-refractivity contribution is -0.274. The van der Waals surface area contributed by atoms with Crippen LogP contribution in [0.1, 0.15) is 51.6 Å². The summed E-state index contributed by atoms with van der Waals surface area (Å²) in [7, 11) is 1.70. The highest BCUT2D eigenvalue weighted by Gasteiger charge is 2.37. The molecule has 38 heavy (non-hydrogen) atoms. The quantitative estimate of drug-likeness (QED) is 0.342. The zero-order valence-corrected chi connectivity index (χ0v) is 22.0. The van der Waals surface area contributed by atoms with Crippen molar-refractivity contribution in [3.8, 4) is 5.75 Å². The molecule has 1 unspecified atom stereocenters. The number of hydrogen-bond donors (Lipinski definition) is 0. The van der Waals surface area contributed by atoms with Gasteiger partial charge >= 0.3 is 6.36 Å². The van der Waals surface area contributed by atoms with E-state index in [1.54, 1.807) is 41.9 Å². The molecule has 10 heteroatoms. The van der Waals surface area contributed by atoms with Gasteiger partial charge < -0.3 is 19.0 Å². The van der Waals surface area contributed by atoms with Crippen LogP contribution >= 0.6 is 0 Å². The molecule has 2 aromatic heterocycles. The van der Waals surface area contributed by atoms with Crippen molar-refractivity contribution in [1.82, 2.24) is 14.5 Å². The van der Waals surface area contributed by atoms with Gasteiger partial charge in [-0.05, 0) is 49.1 Å². The van der Waals surface area contributed by atoms with E-state index < -0.39 is 6.36 Å². The summed E-state index contributed by atoms with van der Waals surface area (Å²) in [6.45, 7) is 15.1. The van der Waals surface area contributed by atoms with Crippen LogP contribution in [0.4, 0.5) is 24.7 Å². The fraction of sp³-hybridized carbons (Fsp3) is 0.464. The molecule has 1 aliphatic rings. The fourth-order valence-corrected chi connectivity index (χ4v) is 5.50. The van der Waals surface area contributed by atoms with Gasteiger partial charge in [0.25, 0.3) is 11.4 Å². The SMILES string of the molecule is [C-]#[N+]c1ccc2c(n1)c(N1C[C@@H](CC)N(C(CC)c3ccc(OC(F)(F)F)cc3)C[C@@H]1CC)cc(=O)n2C. The van der Waals surface area contributed by atoms with Crippen molar-refractivity contribution in [2.45, 2.75) is 64.5 Å². The number of benzene rings is 1. The number of fused-ring (bicyclic) bond motifs is 1. The normalized spacial score (nSPS) is 19.4. The van der Waals surface area contributed by atoms with Gasteiger partial charge in [0.15, 0.2) is 0 Å². The van der Waals surface area contributed by atoms with Crippen molar-refractivity contribution in [3.63, 3.8) is 0 Å². The van der Waals surface area contributed by atoms with E-state index in [9.17, 15) is 18.0 Å². The van der Waals surface area contributed by atoms with Gasteiger partial charge in [-0.2, -0.15) is 0 Å². The van der Waals surface area contributed by atoms with Gasteiger partial charge in [-0.15, -0.1) is 18.2 Å². The first kappa shape index (κ1) is 27.5. The third kappa shape index (κ3) is 5.48. The summed E-state index contributed by atoms with van der Waals surface area (Å²) >= 11 is 0. The molecule has 202 valence electrons. The molecule has 3 heterocycles. The number of ether oxygens (including phenoxy) is 1. The van der Waals surface area contributed by atoms with Crippen molar-refractivity contribution in [2.24, 2.45) is 7.05 Å². The molecular weight excluding hydrogens is 495 g/mol. The van der Waals surface area contributed by atoms with Crippen molar-refractivity contribution in [2.75, 3.05) is 18.0 Å². The second kappa shape index (κ2) is 11.0. The second-order valence-corrected chi connectivity index (χ2v) is 9.59. The molecular formula is C28H32F3N5O2. The van der Waals surface area contributed by atoms with E-state index in [0.717, 1.165) is 30.5 Å². The lowest BCUT2D eigenvalue weighted by Crippen LogP contribution is -2.59. The Balaban J connectivity index is 1.69. The van der Waals surface area contributed by atoms with E-state index in [4.69, 9.17) is 6.57 Å². The van der Waals surface area contributed by atoms with Crippen molar-refractivity contribution < 1.29 is 17.9 Å². The number of halogens is 3. The summed E-state index contributed by atoms with van der Waals surface area (Å²) in [5.74, 6) is 0.0448. The van der Waals surface area contributed by atoms with E-state index in [1.807, 2.05) is 0 Å². The lowest BCUT2D eigenvalue weighted by Gasteiger charge is -2.50. The Morgan fingerprint density at radius 3 is 2.34 bits per heavy atom. The summed E-state index contributed by atoms with van der Waals surface area (Å²) in [6.07, 6.45) is -2.27. The molecule has 0 radical (unpaired) electrons. The van der Waals surface area contributed by atoms with Crippen LogP contribution in [0.5, 0.6) is 5.75 Å². The minimum atomic E-state index is -4.73. The van der Waals surface area contributed by atoms with E-state index in [2.05, 4.69) is 45.1 Å². The Bertz CT molecular complexity index is 1380. The molecule has 0 spiro atoms. The summed E-state index contributed by atoms with van der Waals surface area (Å²) < 4.78 is 43.5. The number of aryl methyl sites for hydroxylation is 1. The average Bonchev–Trinajstić information content (AvgIpc) is 2.90. The highest BCUT2D eigenvalue weighted by atomic mass is 19.4. The molecule has 1 aliphatic heterocycles. The molecule has 4 rings (SSSR count). The molecule has 0 saturated carbocycles. The van der Waals surface area contributed by atoms with Crippen LogP contribution in [0, 0.1) is 6.57 Å². The van der Waals surface area contributed by atoms with Gasteiger partial charge in [0, 0.05) is 44.3 Å². The maximum absolute atomic E-state index is 12.9. The van der Waals surface area contributed by atoms with Gasteiger partial charge in [0.2, 0.25) is 5.52 Å². The maximum Gasteiger partial charge on any atom is 0.573 e. The van der Waals surface area contributed by atoms with Crippen LogP contribution in [0.15, 0.2) is 47.3 Å². The molecule has 0 amide bonds. The van der Waals surface area contributed by atoms with Crippen molar-refractivity contribution in [1.29, 1.82) is 0 Å². The first-order chi connectivity index (χ1) is 18.1. The van der Waals surface area contributed by atoms with Gasteiger partial charge in [0.05, 0.1) is 11.2 Å². The maximum atomic E-state index is 12.9. The third-order valence-corrected chi connectivity index (χ3v) is 7.44. The molecule has 0 aliphatic carbocycles. The monoisotopic (exact) mass is 527 g/mol. The van der Waals surface area contributed by atoms with Crippen molar-refractivity contribution in [3.05, 3.63) is 69.8 Å². The first-order valence-electron chi connectivity index (χ1n) is 12.9. The van der Waals surface area contributed by atoms with Crippen LogP contribution in [-0.2, 0) is 7.05 Å². The largest absolute Gasteiger partial charge is 0.573 e. The second-order valence-electron chi connectivity index (χ2n) is 9.59. The number of alkyl halides is 3. The van der Waals surface area contributed by atoms with E-state index in [1.165, 1.54) is 12.1 Å². The Morgan fingerprint density at radius 1 is 1.08 bits per heavy atom. The van der Waals surface area contributed by atoms with Crippen LogP contribution in [0.25, 0.3) is 15.9 Å². The van der Waals surface area contributed by atoms with Crippen LogP contribution < -0.4 is 15.2 Å². The number of aromatic nitrogens is 2. The Kier molecular flexibility index (Phi) is 7.97. The van der Waals surface area contributed by atoms with Gasteiger partial charge in [-0.3, -0.25) is 9.69 Å². The zero-order chi connectivity index (χ0) is 27.6. The fourth-order valence-electron chi connectivity index (χ4n) is 5.50. The molecule has 0 bridgehead atoms. The van der Waals surface area contributed by atoms with Crippen LogP contribution in [0.3, 0.4) is 0 Å². The number of anilines is 1. The molecule has 3 atom stereocenters. The lowest BCUT2D eigenvalue weighted by atomic mass is 9.94. The number of hydrogen-bond acceptors (Lipinski definition) is 5. The van der Waals surface area contributed by atoms with Gasteiger partial charge in [-0.25, -0.2) is 0 Å². The Labute approximate surface area is 220 Å². The first-order valence-corrected chi connectivity index (χ1v) is 12.9. The molecule has 0 N–H and O–H groups in total. The van der Waals surface area contributed by atoms with Crippen LogP contribution in [-0.4, -0.2) is 46.0 Å². The van der Waals surface area contributed by atoms with E-state index >= 15 is 0 Å². The smallest absolute Gasteiger partial charge is 0.406 e. The predicted octanol–water partition coefficient (Wildman–Crippen LogP) is 6.21.